The van der Waals surface area contributed by atoms with Gasteiger partial charge in [-0.05, 0) is 12.1 Å². The molecule has 0 amide bonds. The first-order chi connectivity index (χ1) is 6.22. The van der Waals surface area contributed by atoms with E-state index in [2.05, 4.69) is 17.6 Å². The molecule has 1 aromatic rings. The summed E-state index contributed by atoms with van der Waals surface area (Å²) in [5.74, 6) is 0. The van der Waals surface area contributed by atoms with E-state index < -0.39 is 0 Å². The van der Waals surface area contributed by atoms with Crippen LogP contribution in [0.2, 0.25) is 0 Å². The largest absolute Gasteiger partial charge is 0.379 e. The highest BCUT2D eigenvalue weighted by Gasteiger charge is 1.99. The van der Waals surface area contributed by atoms with Gasteiger partial charge in [0.1, 0.15) is 0 Å². The fourth-order valence-corrected chi connectivity index (χ4v) is 1.90. The molecule has 0 aliphatic carbocycles. The van der Waals surface area contributed by atoms with E-state index in [9.17, 15) is 0 Å². The van der Waals surface area contributed by atoms with Crippen LogP contribution < -0.4 is 5.43 Å². The molecule has 0 unspecified atom stereocenters. The van der Waals surface area contributed by atoms with Crippen LogP contribution in [-0.2, 0) is 17.9 Å². The molecule has 0 aliphatic rings. The van der Waals surface area contributed by atoms with Gasteiger partial charge in [-0.25, -0.2) is 0 Å². The van der Waals surface area contributed by atoms with Crippen LogP contribution in [0.15, 0.2) is 12.1 Å². The van der Waals surface area contributed by atoms with Crippen molar-refractivity contribution in [3.05, 3.63) is 21.9 Å². The number of hydrogen-bond acceptors (Lipinski definition) is 4. The van der Waals surface area contributed by atoms with Crippen LogP contribution in [0.3, 0.4) is 0 Å². The second kappa shape index (κ2) is 5.34. The highest BCUT2D eigenvalue weighted by molar-refractivity contribution is 7.11. The van der Waals surface area contributed by atoms with Crippen molar-refractivity contribution in [2.45, 2.75) is 13.2 Å². The Labute approximate surface area is 83.3 Å². The zero-order valence-electron chi connectivity index (χ0n) is 8.33. The number of rotatable bonds is 5. The fraction of sp³-hybridized carbons (Fsp3) is 0.556. The molecule has 0 aromatic carbocycles. The molecule has 0 fully saturated rings. The molecule has 1 aromatic heterocycles. The van der Waals surface area contributed by atoms with Gasteiger partial charge in [0.2, 0.25) is 0 Å². The summed E-state index contributed by atoms with van der Waals surface area (Å²) in [6, 6.07) is 4.25. The predicted octanol–water partition coefficient (Wildman–Crippen LogP) is 1.46. The van der Waals surface area contributed by atoms with Gasteiger partial charge in [-0.15, -0.1) is 11.3 Å². The number of thiophene rings is 1. The Morgan fingerprint density at radius 3 is 2.69 bits per heavy atom. The van der Waals surface area contributed by atoms with Crippen LogP contribution in [0.1, 0.15) is 9.75 Å². The van der Waals surface area contributed by atoms with Crippen molar-refractivity contribution >= 4 is 11.3 Å². The summed E-state index contributed by atoms with van der Waals surface area (Å²) < 4.78 is 5.05. The third-order valence-corrected chi connectivity index (χ3v) is 2.63. The first-order valence-electron chi connectivity index (χ1n) is 4.19. The highest BCUT2D eigenvalue weighted by Crippen LogP contribution is 2.16. The minimum absolute atomic E-state index is 0.715. The molecule has 74 valence electrons. The van der Waals surface area contributed by atoms with Crippen LogP contribution >= 0.6 is 11.3 Å². The molecule has 13 heavy (non-hydrogen) atoms. The lowest BCUT2D eigenvalue weighted by atomic mass is 10.4. The smallest absolute Gasteiger partial charge is 0.0805 e. The quantitative estimate of drug-likeness (QED) is 0.728. The van der Waals surface area contributed by atoms with Crippen LogP contribution in [0.5, 0.6) is 0 Å². The Balaban J connectivity index is 2.39. The van der Waals surface area contributed by atoms with E-state index in [0.717, 1.165) is 6.54 Å². The van der Waals surface area contributed by atoms with Gasteiger partial charge < -0.3 is 4.74 Å². The zero-order valence-corrected chi connectivity index (χ0v) is 9.15. The Morgan fingerprint density at radius 2 is 2.08 bits per heavy atom. The molecular formula is C9H16N2OS. The maximum atomic E-state index is 5.05. The Hall–Kier alpha value is -0.420. The molecule has 0 radical (unpaired) electrons. The van der Waals surface area contributed by atoms with Gasteiger partial charge in [0, 0.05) is 37.5 Å². The van der Waals surface area contributed by atoms with E-state index in [1.165, 1.54) is 9.75 Å². The van der Waals surface area contributed by atoms with Gasteiger partial charge in [-0.1, -0.05) is 0 Å². The summed E-state index contributed by atoms with van der Waals surface area (Å²) in [4.78, 5) is 2.61. The third-order valence-electron chi connectivity index (χ3n) is 1.57. The molecule has 0 saturated heterocycles. The van der Waals surface area contributed by atoms with Crippen molar-refractivity contribution in [3.63, 3.8) is 0 Å². The molecule has 0 saturated carbocycles. The number of hydrogen-bond donors (Lipinski definition) is 1. The van der Waals surface area contributed by atoms with E-state index in [4.69, 9.17) is 4.74 Å². The molecule has 4 heteroatoms. The number of nitrogens with one attached hydrogen (secondary N) is 1. The number of ether oxygens (including phenoxy) is 1. The van der Waals surface area contributed by atoms with E-state index in [1.807, 2.05) is 19.1 Å². The second-order valence-electron chi connectivity index (χ2n) is 3.03. The monoisotopic (exact) mass is 200 g/mol. The van der Waals surface area contributed by atoms with Crippen molar-refractivity contribution in [1.29, 1.82) is 0 Å². The normalized spacial score (nSPS) is 11.1. The minimum Gasteiger partial charge on any atom is -0.379 e. The summed E-state index contributed by atoms with van der Waals surface area (Å²) in [7, 11) is 5.70. The molecule has 0 spiro atoms. The molecule has 0 atom stereocenters. The zero-order chi connectivity index (χ0) is 9.68. The van der Waals surface area contributed by atoms with Crippen LogP contribution in [0.25, 0.3) is 0 Å². The summed E-state index contributed by atoms with van der Waals surface area (Å²) in [5.41, 5.74) is 3.22. The van der Waals surface area contributed by atoms with Gasteiger partial charge in [-0.2, -0.15) is 0 Å². The molecule has 0 bridgehead atoms. The fourth-order valence-electron chi connectivity index (χ4n) is 0.973. The van der Waals surface area contributed by atoms with Crippen LogP contribution in [0, 0.1) is 0 Å². The van der Waals surface area contributed by atoms with Crippen molar-refractivity contribution in [2.24, 2.45) is 0 Å². The third kappa shape index (κ3) is 3.87. The van der Waals surface area contributed by atoms with Gasteiger partial charge in [0.25, 0.3) is 0 Å². The van der Waals surface area contributed by atoms with Gasteiger partial charge in [0.15, 0.2) is 0 Å². The number of nitrogens with zero attached hydrogens (tertiary/aromatic N) is 1. The van der Waals surface area contributed by atoms with Crippen LogP contribution in [-0.4, -0.2) is 26.2 Å². The lowest BCUT2D eigenvalue weighted by Crippen LogP contribution is -2.29. The van der Waals surface area contributed by atoms with Crippen molar-refractivity contribution in [3.8, 4) is 0 Å². The summed E-state index contributed by atoms with van der Waals surface area (Å²) >= 11 is 1.79. The maximum Gasteiger partial charge on any atom is 0.0805 e. The van der Waals surface area contributed by atoms with Crippen LogP contribution in [0.4, 0.5) is 0 Å². The van der Waals surface area contributed by atoms with Crippen molar-refractivity contribution in [2.75, 3.05) is 21.2 Å². The van der Waals surface area contributed by atoms with Crippen molar-refractivity contribution < 1.29 is 4.74 Å². The Kier molecular flexibility index (Phi) is 4.38. The first kappa shape index (κ1) is 10.7. The lowest BCUT2D eigenvalue weighted by molar-refractivity contribution is 0.187. The van der Waals surface area contributed by atoms with E-state index in [-0.39, 0.29) is 0 Å². The minimum atomic E-state index is 0.715. The van der Waals surface area contributed by atoms with E-state index in [1.54, 1.807) is 18.4 Å². The summed E-state index contributed by atoms with van der Waals surface area (Å²) in [6.07, 6.45) is 0. The SMILES string of the molecule is COCc1ccc(CNN(C)C)s1. The summed E-state index contributed by atoms with van der Waals surface area (Å²) in [6.45, 7) is 1.61. The van der Waals surface area contributed by atoms with E-state index in [0.29, 0.717) is 6.61 Å². The number of hydrazine groups is 1. The second-order valence-corrected chi connectivity index (χ2v) is 4.28. The lowest BCUT2D eigenvalue weighted by Gasteiger charge is -2.09. The summed E-state index contributed by atoms with van der Waals surface area (Å²) in [5, 5.41) is 1.95. The molecule has 3 nitrogen and oxygen atoms in total. The molecule has 1 heterocycles. The maximum absolute atomic E-state index is 5.05. The first-order valence-corrected chi connectivity index (χ1v) is 5.01. The standard InChI is InChI=1S/C9H16N2OS/c1-11(2)10-6-8-4-5-9(13-8)7-12-3/h4-5,10H,6-7H2,1-3H3. The predicted molar refractivity (Wildman–Crippen MR) is 55.6 cm³/mol. The van der Waals surface area contributed by atoms with Gasteiger partial charge >= 0.3 is 0 Å². The van der Waals surface area contributed by atoms with Crippen molar-refractivity contribution in [1.82, 2.24) is 10.4 Å². The average Bonchev–Trinajstić information content (AvgIpc) is 2.50. The molecular weight excluding hydrogens is 184 g/mol. The topological polar surface area (TPSA) is 24.5 Å². The number of methoxy groups -OCH3 is 1. The Morgan fingerprint density at radius 1 is 1.38 bits per heavy atom. The molecule has 1 rings (SSSR count). The van der Waals surface area contributed by atoms with Gasteiger partial charge in [0.05, 0.1) is 6.61 Å². The molecule has 0 aliphatic heterocycles. The highest BCUT2D eigenvalue weighted by atomic mass is 32.1. The average molecular weight is 200 g/mol. The van der Waals surface area contributed by atoms with Gasteiger partial charge in [-0.3, -0.25) is 10.4 Å². The molecule has 1 N–H and O–H groups in total. The van der Waals surface area contributed by atoms with E-state index >= 15 is 0 Å². The Bertz CT molecular complexity index is 248.